The second-order valence-corrected chi connectivity index (χ2v) is 9.55. The van der Waals surface area contributed by atoms with Gasteiger partial charge in [-0.3, -0.25) is 5.32 Å². The van der Waals surface area contributed by atoms with Crippen molar-refractivity contribution in [3.63, 3.8) is 0 Å². The summed E-state index contributed by atoms with van der Waals surface area (Å²) in [5, 5.41) is 14.1. The summed E-state index contributed by atoms with van der Waals surface area (Å²) in [6.45, 7) is 2.53. The minimum atomic E-state index is -1.41. The average molecular weight is 451 g/mol. The predicted molar refractivity (Wildman–Crippen MR) is 133 cm³/mol. The molecule has 0 unspecified atom stereocenters. The highest BCUT2D eigenvalue weighted by atomic mass is 32.2. The van der Waals surface area contributed by atoms with Gasteiger partial charge < -0.3 is 0 Å². The number of benzene rings is 4. The molecule has 4 aromatic rings. The molecule has 4 rings (SSSR count). The van der Waals surface area contributed by atoms with Crippen LogP contribution in [-0.2, 0) is 29.3 Å². The van der Waals surface area contributed by atoms with Crippen molar-refractivity contribution in [3.05, 3.63) is 131 Å². The Morgan fingerprint density at radius 2 is 1.36 bits per heavy atom. The molecular formula is C29H26N2OS. The van der Waals surface area contributed by atoms with Crippen molar-refractivity contribution < 1.29 is 4.21 Å². The van der Waals surface area contributed by atoms with Crippen LogP contribution in [0.4, 0.5) is 0 Å². The third kappa shape index (κ3) is 5.28. The van der Waals surface area contributed by atoms with Crippen molar-refractivity contribution in [1.82, 2.24) is 5.32 Å². The van der Waals surface area contributed by atoms with Gasteiger partial charge in [-0.2, -0.15) is 5.26 Å². The molecule has 4 heteroatoms. The number of rotatable bonds is 8. The molecule has 0 fully saturated rings. The fourth-order valence-corrected chi connectivity index (χ4v) is 5.19. The van der Waals surface area contributed by atoms with E-state index >= 15 is 0 Å². The van der Waals surface area contributed by atoms with Crippen LogP contribution in [-0.4, -0.2) is 4.21 Å². The third-order valence-electron chi connectivity index (χ3n) is 5.72. The lowest BCUT2D eigenvalue weighted by Crippen LogP contribution is -2.43. The summed E-state index contributed by atoms with van der Waals surface area (Å²) in [6.07, 6.45) is 0.458. The molecule has 0 radical (unpaired) electrons. The minimum Gasteiger partial charge on any atom is -0.291 e. The summed E-state index contributed by atoms with van der Waals surface area (Å²) in [6, 6.07) is 37.9. The molecule has 1 N–H and O–H groups in total. The van der Waals surface area contributed by atoms with Crippen molar-refractivity contribution in [1.29, 1.82) is 5.26 Å². The summed E-state index contributed by atoms with van der Waals surface area (Å²) in [4.78, 5) is 1.38. The largest absolute Gasteiger partial charge is 0.291 e. The molecule has 0 aliphatic carbocycles. The Kier molecular flexibility index (Phi) is 7.14. The Labute approximate surface area is 198 Å². The molecule has 0 aliphatic heterocycles. The van der Waals surface area contributed by atoms with E-state index < -0.39 is 16.3 Å². The zero-order chi connectivity index (χ0) is 23.1. The molecule has 2 atom stereocenters. The van der Waals surface area contributed by atoms with Gasteiger partial charge in [0.1, 0.15) is 5.54 Å². The van der Waals surface area contributed by atoms with Gasteiger partial charge in [0, 0.05) is 28.3 Å². The van der Waals surface area contributed by atoms with E-state index in [0.29, 0.717) is 17.9 Å². The molecule has 0 saturated carbocycles. The van der Waals surface area contributed by atoms with Crippen LogP contribution in [0.2, 0.25) is 0 Å². The van der Waals surface area contributed by atoms with Crippen molar-refractivity contribution in [2.45, 2.75) is 35.2 Å². The lowest BCUT2D eigenvalue weighted by atomic mass is 9.84. The molecule has 0 aliphatic rings. The van der Waals surface area contributed by atoms with Crippen LogP contribution < -0.4 is 5.32 Å². The second-order valence-electron chi connectivity index (χ2n) is 8.10. The van der Waals surface area contributed by atoms with E-state index in [9.17, 15) is 9.47 Å². The molecular weight excluding hydrogens is 424 g/mol. The van der Waals surface area contributed by atoms with Gasteiger partial charge in [0.15, 0.2) is 0 Å². The van der Waals surface area contributed by atoms with Crippen LogP contribution in [0.25, 0.3) is 0 Å². The maximum atomic E-state index is 13.6. The van der Waals surface area contributed by atoms with Gasteiger partial charge in [0.25, 0.3) is 0 Å². The molecule has 164 valence electrons. The second kappa shape index (κ2) is 10.4. The van der Waals surface area contributed by atoms with E-state index in [1.807, 2.05) is 116 Å². The highest BCUT2D eigenvalue weighted by Gasteiger charge is 2.35. The first-order chi connectivity index (χ1) is 16.1. The van der Waals surface area contributed by atoms with Gasteiger partial charge in [0.2, 0.25) is 0 Å². The van der Waals surface area contributed by atoms with Crippen LogP contribution in [0.15, 0.2) is 119 Å². The normalized spacial score (nSPS) is 13.6. The molecule has 0 bridgehead atoms. The number of nitrogens with zero attached hydrogens (tertiary/aromatic N) is 1. The Morgan fingerprint density at radius 1 is 0.788 bits per heavy atom. The Morgan fingerprint density at radius 3 is 2.00 bits per heavy atom. The average Bonchev–Trinajstić information content (AvgIpc) is 2.88. The van der Waals surface area contributed by atoms with Gasteiger partial charge in [-0.15, -0.1) is 0 Å². The maximum absolute atomic E-state index is 13.6. The fourth-order valence-electron chi connectivity index (χ4n) is 3.91. The third-order valence-corrected chi connectivity index (χ3v) is 7.18. The summed E-state index contributed by atoms with van der Waals surface area (Å²) < 4.78 is 13.6. The minimum absolute atomic E-state index is 0.458. The van der Waals surface area contributed by atoms with Crippen LogP contribution in [0.1, 0.15) is 22.3 Å². The van der Waals surface area contributed by atoms with E-state index in [0.717, 1.165) is 27.1 Å². The fraction of sp³-hybridized carbons (Fsp3) is 0.138. The predicted octanol–water partition coefficient (Wildman–Crippen LogP) is 5.91. The topological polar surface area (TPSA) is 52.9 Å². The van der Waals surface area contributed by atoms with E-state index in [-0.39, 0.29) is 0 Å². The molecule has 0 aromatic heterocycles. The Hall–Kier alpha value is -3.52. The van der Waals surface area contributed by atoms with E-state index in [2.05, 4.69) is 11.4 Å². The van der Waals surface area contributed by atoms with E-state index in [4.69, 9.17) is 0 Å². The quantitative estimate of drug-likeness (QED) is 0.363. The summed E-state index contributed by atoms with van der Waals surface area (Å²) in [7, 11) is -1.41. The zero-order valence-corrected chi connectivity index (χ0v) is 19.4. The lowest BCUT2D eigenvalue weighted by Gasteiger charge is -2.31. The van der Waals surface area contributed by atoms with Crippen LogP contribution in [0.3, 0.4) is 0 Å². The Balaban J connectivity index is 1.79. The van der Waals surface area contributed by atoms with Crippen molar-refractivity contribution in [2.24, 2.45) is 0 Å². The number of hydrogen-bond acceptors (Lipinski definition) is 3. The highest BCUT2D eigenvalue weighted by molar-refractivity contribution is 7.85. The smallest absolute Gasteiger partial charge is 0.137 e. The molecule has 0 amide bonds. The highest BCUT2D eigenvalue weighted by Crippen LogP contribution is 2.32. The lowest BCUT2D eigenvalue weighted by molar-refractivity contribution is 0.414. The van der Waals surface area contributed by atoms with Crippen LogP contribution in [0.5, 0.6) is 0 Å². The van der Waals surface area contributed by atoms with Crippen molar-refractivity contribution in [2.75, 3.05) is 0 Å². The van der Waals surface area contributed by atoms with Gasteiger partial charge >= 0.3 is 0 Å². The van der Waals surface area contributed by atoms with Crippen molar-refractivity contribution >= 4 is 10.8 Å². The maximum Gasteiger partial charge on any atom is 0.137 e. The monoisotopic (exact) mass is 450 g/mol. The first kappa shape index (κ1) is 22.7. The van der Waals surface area contributed by atoms with Crippen molar-refractivity contribution in [3.8, 4) is 6.07 Å². The van der Waals surface area contributed by atoms with E-state index in [1.54, 1.807) is 0 Å². The zero-order valence-electron chi connectivity index (χ0n) is 18.6. The van der Waals surface area contributed by atoms with Gasteiger partial charge in [-0.1, -0.05) is 96.6 Å². The molecule has 0 saturated heterocycles. The number of nitrogens with one attached hydrogen (secondary N) is 1. The van der Waals surface area contributed by atoms with E-state index in [1.165, 1.54) is 0 Å². The van der Waals surface area contributed by atoms with Crippen LogP contribution >= 0.6 is 0 Å². The van der Waals surface area contributed by atoms with Crippen LogP contribution in [0, 0.1) is 18.3 Å². The summed E-state index contributed by atoms with van der Waals surface area (Å²) in [5.74, 6) is 0. The molecule has 4 aromatic carbocycles. The number of nitriles is 1. The first-order valence-corrected chi connectivity index (χ1v) is 12.1. The van der Waals surface area contributed by atoms with Gasteiger partial charge in [-0.05, 0) is 36.2 Å². The molecule has 0 heterocycles. The summed E-state index contributed by atoms with van der Waals surface area (Å²) >= 11 is 0. The first-order valence-electron chi connectivity index (χ1n) is 10.9. The molecule has 33 heavy (non-hydrogen) atoms. The molecule has 3 nitrogen and oxygen atoms in total. The standard InChI is InChI=1S/C29H26N2OS/c1-23-16-18-26(19-17-23)33(32)28-15-9-8-14-27(28)29(22-30,20-24-10-4-2-5-11-24)31-21-25-12-6-3-7-13-25/h2-19,31H,20-21H2,1H3/t29-,33+/m1/s1. The van der Waals surface area contributed by atoms with Gasteiger partial charge in [0.05, 0.1) is 16.9 Å². The number of hydrogen-bond donors (Lipinski definition) is 1. The number of aryl methyl sites for hydroxylation is 1. The van der Waals surface area contributed by atoms with Gasteiger partial charge in [-0.25, -0.2) is 4.21 Å². The SMILES string of the molecule is Cc1ccc([S@](=O)c2ccccc2[C@](C#N)(Cc2ccccc2)NCc2ccccc2)cc1. The summed E-state index contributed by atoms with van der Waals surface area (Å²) in [5.41, 5.74) is 2.93. The Bertz CT molecular complexity index is 1260. The molecule has 0 spiro atoms.